The number of benzene rings is 1. The largest absolute Gasteiger partial charge is 0.390 e. The van der Waals surface area contributed by atoms with Gasteiger partial charge in [-0.1, -0.05) is 30.0 Å². The number of para-hydroxylation sites is 1. The number of hydrogen-bond acceptors (Lipinski definition) is 4. The summed E-state index contributed by atoms with van der Waals surface area (Å²) in [5.74, 6) is -0.0593. The Hall–Kier alpha value is -1.79. The van der Waals surface area contributed by atoms with Crippen LogP contribution >= 0.6 is 11.8 Å². The first-order chi connectivity index (χ1) is 10.4. The molecule has 1 amide bonds. The van der Waals surface area contributed by atoms with Gasteiger partial charge in [0.1, 0.15) is 0 Å². The van der Waals surface area contributed by atoms with Crippen molar-refractivity contribution in [3.8, 4) is 0 Å². The maximum atomic E-state index is 12.4. The number of carbonyl (C=O) groups excluding carboxylic acids is 1. The summed E-state index contributed by atoms with van der Waals surface area (Å²) >= 11 is 1.37. The van der Waals surface area contributed by atoms with Crippen molar-refractivity contribution < 1.29 is 9.90 Å². The van der Waals surface area contributed by atoms with Gasteiger partial charge in [0.25, 0.3) is 0 Å². The van der Waals surface area contributed by atoms with Crippen molar-refractivity contribution in [3.63, 3.8) is 0 Å². The Kier molecular flexibility index (Phi) is 5.26. The minimum atomic E-state index is -0.286. The topological polar surface area (TPSA) is 67.2 Å². The van der Waals surface area contributed by atoms with Crippen LogP contribution in [0.3, 0.4) is 0 Å². The molecule has 1 aromatic carbocycles. The van der Waals surface area contributed by atoms with Crippen LogP contribution in [-0.2, 0) is 18.4 Å². The third-order valence-electron chi connectivity index (χ3n) is 3.58. The van der Waals surface area contributed by atoms with Crippen LogP contribution in [0.1, 0.15) is 23.7 Å². The number of carbonyl (C=O) groups is 1. The van der Waals surface area contributed by atoms with Crippen molar-refractivity contribution >= 4 is 23.4 Å². The summed E-state index contributed by atoms with van der Waals surface area (Å²) in [5, 5.41) is 12.6. The minimum Gasteiger partial charge on any atom is -0.390 e. The van der Waals surface area contributed by atoms with Gasteiger partial charge in [0, 0.05) is 12.7 Å². The highest BCUT2D eigenvalue weighted by Crippen LogP contribution is 2.25. The molecule has 118 valence electrons. The number of hydrogen-bond donors (Lipinski definition) is 2. The standard InChI is InChI=1S/C16H21N3O2S/c1-10-6-5-7-11(2)14(10)18-15(21)12(3)22-16-17-8-13(9-20)19(16)4/h5-8,12,20H,9H2,1-4H3,(H,18,21)/t12-/m0/s1. The molecule has 22 heavy (non-hydrogen) atoms. The molecule has 0 saturated carbocycles. The fourth-order valence-corrected chi connectivity index (χ4v) is 3.00. The number of rotatable bonds is 5. The predicted molar refractivity (Wildman–Crippen MR) is 89.0 cm³/mol. The molecule has 0 aliphatic rings. The number of aliphatic hydroxyl groups excluding tert-OH is 1. The average Bonchev–Trinajstić information content (AvgIpc) is 2.83. The van der Waals surface area contributed by atoms with E-state index in [9.17, 15) is 9.90 Å². The van der Waals surface area contributed by atoms with Crippen LogP contribution in [0.4, 0.5) is 5.69 Å². The number of nitrogens with zero attached hydrogens (tertiary/aromatic N) is 2. The second-order valence-electron chi connectivity index (χ2n) is 5.27. The van der Waals surface area contributed by atoms with Gasteiger partial charge in [-0.3, -0.25) is 4.79 Å². The Morgan fingerprint density at radius 2 is 2.05 bits per heavy atom. The van der Waals surface area contributed by atoms with Gasteiger partial charge >= 0.3 is 0 Å². The zero-order chi connectivity index (χ0) is 16.3. The van der Waals surface area contributed by atoms with E-state index in [2.05, 4.69) is 10.3 Å². The predicted octanol–water partition coefficient (Wildman–Crippen LogP) is 2.65. The Morgan fingerprint density at radius 1 is 1.41 bits per heavy atom. The van der Waals surface area contributed by atoms with E-state index in [-0.39, 0.29) is 17.8 Å². The molecule has 0 aliphatic heterocycles. The van der Waals surface area contributed by atoms with Gasteiger partial charge in [0.05, 0.1) is 23.7 Å². The summed E-state index contributed by atoms with van der Waals surface area (Å²) in [6.45, 7) is 5.74. The van der Waals surface area contributed by atoms with Gasteiger partial charge < -0.3 is 15.0 Å². The molecule has 0 bridgehead atoms. The normalized spacial score (nSPS) is 12.2. The zero-order valence-electron chi connectivity index (χ0n) is 13.3. The number of thioether (sulfide) groups is 1. The van der Waals surface area contributed by atoms with Crippen molar-refractivity contribution in [2.75, 3.05) is 5.32 Å². The summed E-state index contributed by atoms with van der Waals surface area (Å²) in [6.07, 6.45) is 1.62. The van der Waals surface area contributed by atoms with Crippen molar-refractivity contribution in [3.05, 3.63) is 41.2 Å². The lowest BCUT2D eigenvalue weighted by molar-refractivity contribution is -0.115. The average molecular weight is 319 g/mol. The number of amides is 1. The molecule has 6 heteroatoms. The molecule has 0 saturated heterocycles. The van der Waals surface area contributed by atoms with E-state index in [1.165, 1.54) is 11.8 Å². The monoisotopic (exact) mass is 319 g/mol. The second kappa shape index (κ2) is 6.98. The first kappa shape index (κ1) is 16.6. The van der Waals surface area contributed by atoms with Gasteiger partial charge in [-0.15, -0.1) is 0 Å². The van der Waals surface area contributed by atoms with E-state index >= 15 is 0 Å². The van der Waals surface area contributed by atoms with Crippen molar-refractivity contribution in [1.29, 1.82) is 0 Å². The van der Waals surface area contributed by atoms with Gasteiger partial charge in [-0.25, -0.2) is 4.98 Å². The summed E-state index contributed by atoms with van der Waals surface area (Å²) in [5.41, 5.74) is 3.69. The highest BCUT2D eigenvalue weighted by atomic mass is 32.2. The summed E-state index contributed by atoms with van der Waals surface area (Å²) in [6, 6.07) is 5.93. The van der Waals surface area contributed by atoms with Crippen LogP contribution in [-0.4, -0.2) is 25.8 Å². The number of aryl methyl sites for hydroxylation is 2. The Labute approximate surface area is 134 Å². The van der Waals surface area contributed by atoms with Crippen molar-refractivity contribution in [1.82, 2.24) is 9.55 Å². The molecule has 1 aromatic heterocycles. The molecular weight excluding hydrogens is 298 g/mol. The molecule has 0 aliphatic carbocycles. The van der Waals surface area contributed by atoms with Crippen LogP contribution in [0.15, 0.2) is 29.6 Å². The molecule has 0 fully saturated rings. The van der Waals surface area contributed by atoms with Crippen LogP contribution in [0, 0.1) is 13.8 Å². The third-order valence-corrected chi connectivity index (χ3v) is 4.74. The van der Waals surface area contributed by atoms with Gasteiger partial charge in [-0.05, 0) is 31.9 Å². The quantitative estimate of drug-likeness (QED) is 0.832. The lowest BCUT2D eigenvalue weighted by Crippen LogP contribution is -2.23. The minimum absolute atomic E-state index is 0.0593. The van der Waals surface area contributed by atoms with Crippen LogP contribution in [0.5, 0.6) is 0 Å². The fraction of sp³-hybridized carbons (Fsp3) is 0.375. The first-order valence-corrected chi connectivity index (χ1v) is 7.97. The SMILES string of the molecule is Cc1cccc(C)c1NC(=O)[C@H](C)Sc1ncc(CO)n1C. The van der Waals surface area contributed by atoms with Crippen LogP contribution < -0.4 is 5.32 Å². The van der Waals surface area contributed by atoms with E-state index < -0.39 is 0 Å². The van der Waals surface area contributed by atoms with Crippen molar-refractivity contribution in [2.45, 2.75) is 37.8 Å². The van der Waals surface area contributed by atoms with Gasteiger partial charge in [0.2, 0.25) is 5.91 Å². The summed E-state index contributed by atoms with van der Waals surface area (Å²) in [7, 11) is 1.83. The summed E-state index contributed by atoms with van der Waals surface area (Å²) in [4.78, 5) is 16.6. The molecule has 0 unspecified atom stereocenters. The molecule has 5 nitrogen and oxygen atoms in total. The molecule has 2 rings (SSSR count). The number of aliphatic hydroxyl groups is 1. The first-order valence-electron chi connectivity index (χ1n) is 7.09. The zero-order valence-corrected chi connectivity index (χ0v) is 14.1. The van der Waals surface area contributed by atoms with E-state index in [0.717, 1.165) is 22.5 Å². The highest BCUT2D eigenvalue weighted by Gasteiger charge is 2.19. The maximum Gasteiger partial charge on any atom is 0.237 e. The maximum absolute atomic E-state index is 12.4. The molecule has 0 spiro atoms. The van der Waals surface area contributed by atoms with E-state index in [1.54, 1.807) is 10.8 Å². The van der Waals surface area contributed by atoms with E-state index in [0.29, 0.717) is 5.16 Å². The van der Waals surface area contributed by atoms with Gasteiger partial charge in [-0.2, -0.15) is 0 Å². The van der Waals surface area contributed by atoms with Crippen LogP contribution in [0.2, 0.25) is 0 Å². The van der Waals surface area contributed by atoms with Gasteiger partial charge in [0.15, 0.2) is 5.16 Å². The Morgan fingerprint density at radius 3 is 2.59 bits per heavy atom. The Balaban J connectivity index is 2.08. The summed E-state index contributed by atoms with van der Waals surface area (Å²) < 4.78 is 1.80. The number of nitrogens with one attached hydrogen (secondary N) is 1. The van der Waals surface area contributed by atoms with E-state index in [4.69, 9.17) is 0 Å². The van der Waals surface area contributed by atoms with Crippen molar-refractivity contribution in [2.24, 2.45) is 7.05 Å². The second-order valence-corrected chi connectivity index (χ2v) is 6.57. The lowest BCUT2D eigenvalue weighted by Gasteiger charge is -2.15. The fourth-order valence-electron chi connectivity index (χ4n) is 2.13. The highest BCUT2D eigenvalue weighted by molar-refractivity contribution is 8.00. The smallest absolute Gasteiger partial charge is 0.237 e. The molecular formula is C16H21N3O2S. The van der Waals surface area contributed by atoms with E-state index in [1.807, 2.05) is 46.0 Å². The van der Waals surface area contributed by atoms with Crippen LogP contribution in [0.25, 0.3) is 0 Å². The molecule has 2 aromatic rings. The number of aromatic nitrogens is 2. The molecule has 2 N–H and O–H groups in total. The third kappa shape index (κ3) is 3.51. The lowest BCUT2D eigenvalue weighted by atomic mass is 10.1. The number of anilines is 1. The Bertz CT molecular complexity index is 662. The molecule has 1 atom stereocenters. The molecule has 0 radical (unpaired) electrons. The molecule has 1 heterocycles. The number of imidazole rings is 1.